The highest BCUT2D eigenvalue weighted by atomic mass is 16.5. The minimum Gasteiger partial charge on any atom is -0.481 e. The van der Waals surface area contributed by atoms with Gasteiger partial charge in [-0.2, -0.15) is 5.10 Å². The molecule has 0 spiro atoms. The lowest BCUT2D eigenvalue weighted by molar-refractivity contribution is -0.151. The number of benzene rings is 1. The van der Waals surface area contributed by atoms with Crippen molar-refractivity contribution >= 4 is 11.9 Å². The van der Waals surface area contributed by atoms with Crippen LogP contribution >= 0.6 is 0 Å². The number of carboxylic acid groups (broad SMARTS) is 1. The highest BCUT2D eigenvalue weighted by molar-refractivity contribution is 6.00. The summed E-state index contributed by atoms with van der Waals surface area (Å²) in [7, 11) is 1.49. The van der Waals surface area contributed by atoms with E-state index in [-0.39, 0.29) is 19.1 Å². The van der Waals surface area contributed by atoms with Gasteiger partial charge in [0.1, 0.15) is 5.41 Å². The van der Waals surface area contributed by atoms with Crippen LogP contribution in [0.15, 0.2) is 36.5 Å². The maximum Gasteiger partial charge on any atom is 0.313 e. The molecular formula is C22H27N3O4. The molecule has 1 aromatic heterocycles. The van der Waals surface area contributed by atoms with E-state index in [1.54, 1.807) is 11.1 Å². The van der Waals surface area contributed by atoms with Gasteiger partial charge in [-0.1, -0.05) is 43.2 Å². The van der Waals surface area contributed by atoms with Crippen LogP contribution in [0.3, 0.4) is 0 Å². The van der Waals surface area contributed by atoms with Gasteiger partial charge >= 0.3 is 5.97 Å². The quantitative estimate of drug-likeness (QED) is 0.809. The van der Waals surface area contributed by atoms with Gasteiger partial charge in [-0.3, -0.25) is 14.3 Å². The summed E-state index contributed by atoms with van der Waals surface area (Å²) in [5.41, 5.74) is 1.29. The number of methoxy groups -OCH3 is 1. The summed E-state index contributed by atoms with van der Waals surface area (Å²) in [5.74, 6) is -1.08. The fourth-order valence-corrected chi connectivity index (χ4v) is 4.67. The molecule has 1 aliphatic carbocycles. The highest BCUT2D eigenvalue weighted by Gasteiger charge is 2.47. The van der Waals surface area contributed by atoms with E-state index in [9.17, 15) is 14.7 Å². The molecule has 2 aromatic rings. The summed E-state index contributed by atoms with van der Waals surface area (Å²) >= 11 is 0. The van der Waals surface area contributed by atoms with Crippen LogP contribution in [0.25, 0.3) is 11.3 Å². The predicted octanol–water partition coefficient (Wildman–Crippen LogP) is 3.23. The van der Waals surface area contributed by atoms with E-state index >= 15 is 0 Å². The first-order valence-electron chi connectivity index (χ1n) is 10.2. The molecule has 2 fully saturated rings. The second-order valence-corrected chi connectivity index (χ2v) is 8.15. The van der Waals surface area contributed by atoms with E-state index in [4.69, 9.17) is 4.74 Å². The molecule has 7 heteroatoms. The van der Waals surface area contributed by atoms with E-state index in [1.807, 2.05) is 35.0 Å². The largest absolute Gasteiger partial charge is 0.481 e. The van der Waals surface area contributed by atoms with Crippen molar-refractivity contribution in [3.05, 3.63) is 42.1 Å². The normalized spacial score (nSPS) is 22.3. The number of amides is 1. The minimum atomic E-state index is -1.04. The SMILES string of the molecule is COCC1(C(=O)O)CCN(C(=O)c2cnn(C3CCCC3)c2-c2ccccc2)C1. The average molecular weight is 397 g/mol. The zero-order valence-corrected chi connectivity index (χ0v) is 16.7. The van der Waals surface area contributed by atoms with Crippen LogP contribution in [0.2, 0.25) is 0 Å². The third-order valence-electron chi connectivity index (χ3n) is 6.26. The van der Waals surface area contributed by atoms with E-state index in [1.165, 1.54) is 20.0 Å². The van der Waals surface area contributed by atoms with Gasteiger partial charge in [0.25, 0.3) is 5.91 Å². The van der Waals surface area contributed by atoms with Gasteiger partial charge in [0.2, 0.25) is 0 Å². The number of hydrogen-bond donors (Lipinski definition) is 1. The van der Waals surface area contributed by atoms with Crippen molar-refractivity contribution in [2.75, 3.05) is 26.8 Å². The first-order chi connectivity index (χ1) is 14.1. The van der Waals surface area contributed by atoms with Crippen LogP contribution in [-0.4, -0.2) is 58.5 Å². The number of carbonyl (C=O) groups is 2. The Labute approximate surface area is 170 Å². The number of aromatic nitrogens is 2. The van der Waals surface area contributed by atoms with E-state index in [0.29, 0.717) is 24.6 Å². The van der Waals surface area contributed by atoms with Crippen molar-refractivity contribution in [3.8, 4) is 11.3 Å². The lowest BCUT2D eigenvalue weighted by atomic mass is 9.88. The molecule has 2 aliphatic rings. The second-order valence-electron chi connectivity index (χ2n) is 8.15. The molecule has 154 valence electrons. The number of carbonyl (C=O) groups excluding carboxylic acids is 1. The van der Waals surface area contributed by atoms with Gasteiger partial charge in [-0.25, -0.2) is 0 Å². The van der Waals surface area contributed by atoms with Crippen molar-refractivity contribution in [2.45, 2.75) is 38.1 Å². The number of carboxylic acids is 1. The number of hydrogen-bond acceptors (Lipinski definition) is 4. The first-order valence-corrected chi connectivity index (χ1v) is 10.2. The maximum atomic E-state index is 13.4. The monoisotopic (exact) mass is 397 g/mol. The van der Waals surface area contributed by atoms with Crippen molar-refractivity contribution in [1.82, 2.24) is 14.7 Å². The summed E-state index contributed by atoms with van der Waals surface area (Å²) in [6, 6.07) is 10.2. The number of ether oxygens (including phenoxy) is 1. The first kappa shape index (κ1) is 19.6. The molecule has 1 aromatic carbocycles. The minimum absolute atomic E-state index is 0.0962. The Morgan fingerprint density at radius 3 is 2.62 bits per heavy atom. The zero-order valence-electron chi connectivity index (χ0n) is 16.7. The van der Waals surface area contributed by atoms with Crippen LogP contribution in [0.1, 0.15) is 48.5 Å². The van der Waals surface area contributed by atoms with Crippen LogP contribution in [0.5, 0.6) is 0 Å². The third kappa shape index (κ3) is 3.55. The summed E-state index contributed by atoms with van der Waals surface area (Å²) in [6.07, 6.45) is 6.52. The number of nitrogens with zero attached hydrogens (tertiary/aromatic N) is 3. The van der Waals surface area contributed by atoms with Crippen LogP contribution in [0, 0.1) is 5.41 Å². The Balaban J connectivity index is 1.68. The maximum absolute atomic E-state index is 13.4. The molecule has 1 aliphatic heterocycles. The molecule has 1 atom stereocenters. The fraction of sp³-hybridized carbons (Fsp3) is 0.500. The molecule has 4 rings (SSSR count). The highest BCUT2D eigenvalue weighted by Crippen LogP contribution is 2.37. The van der Waals surface area contributed by atoms with E-state index < -0.39 is 11.4 Å². The standard InChI is InChI=1S/C22H27N3O4/c1-29-15-22(21(27)28)11-12-24(14-22)20(26)18-13-23-25(17-9-5-6-10-17)19(18)16-7-3-2-4-8-16/h2-4,7-8,13,17H,5-6,9-12,14-15H2,1H3,(H,27,28). The predicted molar refractivity (Wildman–Crippen MR) is 108 cm³/mol. The molecule has 1 saturated carbocycles. The van der Waals surface area contributed by atoms with Gasteiger partial charge < -0.3 is 14.7 Å². The number of aliphatic carboxylic acids is 1. The van der Waals surface area contributed by atoms with E-state index in [2.05, 4.69) is 5.10 Å². The summed E-state index contributed by atoms with van der Waals surface area (Å²) in [5, 5.41) is 14.3. The molecule has 0 bridgehead atoms. The lowest BCUT2D eigenvalue weighted by Gasteiger charge is -2.24. The van der Waals surface area contributed by atoms with Crippen molar-refractivity contribution in [2.24, 2.45) is 5.41 Å². The Morgan fingerprint density at radius 2 is 1.97 bits per heavy atom. The van der Waals surface area contributed by atoms with Crippen LogP contribution < -0.4 is 0 Å². The molecule has 1 N–H and O–H groups in total. The van der Waals surface area contributed by atoms with Gasteiger partial charge in [-0.05, 0) is 19.3 Å². The number of rotatable bonds is 6. The molecule has 1 amide bonds. The average Bonchev–Trinajstić information content (AvgIpc) is 3.47. The number of likely N-dealkylation sites (tertiary alicyclic amines) is 1. The Kier molecular flexibility index (Phi) is 5.41. The van der Waals surface area contributed by atoms with Gasteiger partial charge in [0, 0.05) is 25.8 Å². The Bertz CT molecular complexity index is 889. The van der Waals surface area contributed by atoms with Crippen LogP contribution in [-0.2, 0) is 9.53 Å². The molecular weight excluding hydrogens is 370 g/mol. The fourth-order valence-electron chi connectivity index (χ4n) is 4.67. The Hall–Kier alpha value is -2.67. The van der Waals surface area contributed by atoms with Crippen molar-refractivity contribution in [1.29, 1.82) is 0 Å². The van der Waals surface area contributed by atoms with Crippen LogP contribution in [0.4, 0.5) is 0 Å². The van der Waals surface area contributed by atoms with Crippen molar-refractivity contribution < 1.29 is 19.4 Å². The van der Waals surface area contributed by atoms with Gasteiger partial charge in [-0.15, -0.1) is 0 Å². The molecule has 2 heterocycles. The van der Waals surface area contributed by atoms with Gasteiger partial charge in [0.15, 0.2) is 0 Å². The van der Waals surface area contributed by atoms with Gasteiger partial charge in [0.05, 0.1) is 30.1 Å². The third-order valence-corrected chi connectivity index (χ3v) is 6.26. The molecule has 1 unspecified atom stereocenters. The summed E-state index contributed by atoms with van der Waals surface area (Å²) in [6.45, 7) is 0.647. The smallest absolute Gasteiger partial charge is 0.313 e. The lowest BCUT2D eigenvalue weighted by Crippen LogP contribution is -2.40. The molecule has 7 nitrogen and oxygen atoms in total. The topological polar surface area (TPSA) is 84.7 Å². The summed E-state index contributed by atoms with van der Waals surface area (Å²) < 4.78 is 7.16. The van der Waals surface area contributed by atoms with Crippen molar-refractivity contribution in [3.63, 3.8) is 0 Å². The molecule has 0 radical (unpaired) electrons. The zero-order chi connectivity index (χ0) is 20.4. The second kappa shape index (κ2) is 7.99. The Morgan fingerprint density at radius 1 is 1.24 bits per heavy atom. The van der Waals surface area contributed by atoms with E-state index in [0.717, 1.165) is 24.1 Å². The molecule has 1 saturated heterocycles. The summed E-state index contributed by atoms with van der Waals surface area (Å²) in [4.78, 5) is 26.9. The molecule has 29 heavy (non-hydrogen) atoms.